The Hall–Kier alpha value is -0.0800. The molecular formula is C16H36N2. The third kappa shape index (κ3) is 6.19. The van der Waals surface area contributed by atoms with Crippen LogP contribution in [0.15, 0.2) is 0 Å². The summed E-state index contributed by atoms with van der Waals surface area (Å²) in [5, 5.41) is 0. The zero-order chi connectivity index (χ0) is 15.0. The smallest absolute Gasteiger partial charge is 0.0143 e. The van der Waals surface area contributed by atoms with Gasteiger partial charge in [0.2, 0.25) is 0 Å². The Bertz CT molecular complexity index is 236. The van der Waals surface area contributed by atoms with Crippen molar-refractivity contribution in [2.24, 2.45) is 27.7 Å². The van der Waals surface area contributed by atoms with Crippen LogP contribution in [0, 0.1) is 16.2 Å². The Morgan fingerprint density at radius 3 is 1.33 bits per heavy atom. The topological polar surface area (TPSA) is 52.0 Å². The van der Waals surface area contributed by atoms with Crippen molar-refractivity contribution in [2.45, 2.75) is 86.7 Å². The Balaban J connectivity index is 4.96. The summed E-state index contributed by atoms with van der Waals surface area (Å²) in [5.74, 6) is 0. The van der Waals surface area contributed by atoms with Gasteiger partial charge in [0.05, 0.1) is 0 Å². The molecule has 0 bridgehead atoms. The monoisotopic (exact) mass is 256 g/mol. The van der Waals surface area contributed by atoms with Gasteiger partial charge in [0.1, 0.15) is 0 Å². The first-order chi connectivity index (χ1) is 7.57. The van der Waals surface area contributed by atoms with E-state index in [1.807, 2.05) is 0 Å². The SMILES string of the molecule is CC(C)(C)CC(C)(C)C(N)C(C)(C)CC(C)(C)N. The Morgan fingerprint density at radius 2 is 1.06 bits per heavy atom. The third-order valence-corrected chi connectivity index (χ3v) is 3.58. The van der Waals surface area contributed by atoms with E-state index in [2.05, 4.69) is 62.3 Å². The van der Waals surface area contributed by atoms with Crippen LogP contribution in [0.5, 0.6) is 0 Å². The molecule has 0 aromatic heterocycles. The zero-order valence-corrected chi connectivity index (χ0v) is 14.1. The van der Waals surface area contributed by atoms with Crippen molar-refractivity contribution < 1.29 is 0 Å². The van der Waals surface area contributed by atoms with Crippen molar-refractivity contribution in [1.29, 1.82) is 0 Å². The highest BCUT2D eigenvalue weighted by atomic mass is 14.8. The largest absolute Gasteiger partial charge is 0.327 e. The summed E-state index contributed by atoms with van der Waals surface area (Å²) in [5.41, 5.74) is 13.1. The molecule has 0 saturated heterocycles. The Labute approximate surface area is 115 Å². The van der Waals surface area contributed by atoms with Gasteiger partial charge in [0.25, 0.3) is 0 Å². The lowest BCUT2D eigenvalue weighted by Gasteiger charge is -2.47. The van der Waals surface area contributed by atoms with E-state index in [0.717, 1.165) is 12.8 Å². The molecule has 0 rings (SSSR count). The summed E-state index contributed by atoms with van der Waals surface area (Å²) in [6.45, 7) is 20.1. The minimum absolute atomic E-state index is 0.0486. The molecule has 2 nitrogen and oxygen atoms in total. The van der Waals surface area contributed by atoms with Crippen LogP contribution >= 0.6 is 0 Å². The molecule has 1 unspecified atom stereocenters. The summed E-state index contributed by atoms with van der Waals surface area (Å²) in [6.07, 6.45) is 2.06. The van der Waals surface area contributed by atoms with Crippen LogP contribution < -0.4 is 11.5 Å². The highest BCUT2D eigenvalue weighted by Crippen LogP contribution is 2.43. The minimum atomic E-state index is -0.168. The Kier molecular flexibility index (Phi) is 5.10. The van der Waals surface area contributed by atoms with Crippen LogP contribution in [0.25, 0.3) is 0 Å². The highest BCUT2D eigenvalue weighted by molar-refractivity contribution is 4.97. The molecule has 0 heterocycles. The normalized spacial score (nSPS) is 16.8. The van der Waals surface area contributed by atoms with Crippen LogP contribution in [0.1, 0.15) is 75.2 Å². The lowest BCUT2D eigenvalue weighted by Crippen LogP contribution is -2.53. The first kappa shape index (κ1) is 17.9. The van der Waals surface area contributed by atoms with E-state index in [4.69, 9.17) is 11.5 Å². The third-order valence-electron chi connectivity index (χ3n) is 3.58. The molecule has 110 valence electrons. The van der Waals surface area contributed by atoms with E-state index in [9.17, 15) is 0 Å². The summed E-state index contributed by atoms with van der Waals surface area (Å²) >= 11 is 0. The van der Waals surface area contributed by atoms with Gasteiger partial charge in [-0.25, -0.2) is 0 Å². The van der Waals surface area contributed by atoms with Gasteiger partial charge in [-0.2, -0.15) is 0 Å². The molecule has 0 saturated carbocycles. The van der Waals surface area contributed by atoms with Gasteiger partial charge < -0.3 is 11.5 Å². The average molecular weight is 256 g/mol. The molecule has 0 aromatic rings. The van der Waals surface area contributed by atoms with Gasteiger partial charge in [-0.3, -0.25) is 0 Å². The van der Waals surface area contributed by atoms with Crippen molar-refractivity contribution in [1.82, 2.24) is 0 Å². The van der Waals surface area contributed by atoms with Crippen molar-refractivity contribution in [3.63, 3.8) is 0 Å². The molecule has 0 aliphatic heterocycles. The standard InChI is InChI=1S/C16H36N2/c1-13(2,3)10-14(4,5)12(17)15(6,7)11-16(8,9)18/h12H,10-11,17-18H2,1-9H3. The summed E-state index contributed by atoms with van der Waals surface area (Å²) in [7, 11) is 0. The molecule has 0 fully saturated rings. The fourth-order valence-corrected chi connectivity index (χ4v) is 3.82. The fourth-order valence-electron chi connectivity index (χ4n) is 3.82. The maximum atomic E-state index is 6.59. The molecule has 0 aliphatic rings. The molecular weight excluding hydrogens is 220 g/mol. The van der Waals surface area contributed by atoms with Crippen molar-refractivity contribution in [2.75, 3.05) is 0 Å². The first-order valence-electron chi connectivity index (χ1n) is 7.11. The predicted molar refractivity (Wildman–Crippen MR) is 82.5 cm³/mol. The van der Waals surface area contributed by atoms with Gasteiger partial charge in [-0.05, 0) is 42.9 Å². The molecule has 18 heavy (non-hydrogen) atoms. The van der Waals surface area contributed by atoms with Crippen molar-refractivity contribution in [3.8, 4) is 0 Å². The summed E-state index contributed by atoms with van der Waals surface area (Å²) in [4.78, 5) is 0. The van der Waals surface area contributed by atoms with Crippen LogP contribution in [0.3, 0.4) is 0 Å². The van der Waals surface area contributed by atoms with Crippen LogP contribution in [-0.2, 0) is 0 Å². The second-order valence-corrected chi connectivity index (χ2v) is 9.36. The van der Waals surface area contributed by atoms with E-state index < -0.39 is 0 Å². The maximum absolute atomic E-state index is 6.59. The van der Waals surface area contributed by atoms with E-state index in [-0.39, 0.29) is 22.4 Å². The fraction of sp³-hybridized carbons (Fsp3) is 1.00. The second kappa shape index (κ2) is 5.13. The molecule has 0 aliphatic carbocycles. The van der Waals surface area contributed by atoms with Gasteiger partial charge in [0, 0.05) is 11.6 Å². The molecule has 0 spiro atoms. The van der Waals surface area contributed by atoms with Gasteiger partial charge >= 0.3 is 0 Å². The molecule has 0 aromatic carbocycles. The second-order valence-electron chi connectivity index (χ2n) is 9.36. The van der Waals surface area contributed by atoms with Gasteiger partial charge in [0.15, 0.2) is 0 Å². The van der Waals surface area contributed by atoms with E-state index in [0.29, 0.717) is 5.41 Å². The van der Waals surface area contributed by atoms with Gasteiger partial charge in [-0.15, -0.1) is 0 Å². The lowest BCUT2D eigenvalue weighted by atomic mass is 9.62. The number of nitrogens with two attached hydrogens (primary N) is 2. The van der Waals surface area contributed by atoms with Crippen molar-refractivity contribution >= 4 is 0 Å². The van der Waals surface area contributed by atoms with E-state index in [1.165, 1.54) is 0 Å². The zero-order valence-electron chi connectivity index (χ0n) is 14.1. The highest BCUT2D eigenvalue weighted by Gasteiger charge is 2.41. The first-order valence-corrected chi connectivity index (χ1v) is 7.11. The summed E-state index contributed by atoms with van der Waals surface area (Å²) in [6, 6.07) is 0.145. The quantitative estimate of drug-likeness (QED) is 0.783. The van der Waals surface area contributed by atoms with E-state index in [1.54, 1.807) is 0 Å². The lowest BCUT2D eigenvalue weighted by molar-refractivity contribution is 0.0786. The molecule has 4 N–H and O–H groups in total. The summed E-state index contributed by atoms with van der Waals surface area (Å²) < 4.78 is 0. The minimum Gasteiger partial charge on any atom is -0.327 e. The van der Waals surface area contributed by atoms with Crippen LogP contribution in [0.2, 0.25) is 0 Å². The van der Waals surface area contributed by atoms with Crippen molar-refractivity contribution in [3.05, 3.63) is 0 Å². The van der Waals surface area contributed by atoms with Gasteiger partial charge in [-0.1, -0.05) is 48.5 Å². The average Bonchev–Trinajstić information content (AvgIpc) is 1.92. The number of rotatable bonds is 5. The molecule has 2 heteroatoms. The molecule has 0 amide bonds. The maximum Gasteiger partial charge on any atom is 0.0143 e. The van der Waals surface area contributed by atoms with E-state index >= 15 is 0 Å². The molecule has 0 radical (unpaired) electrons. The number of hydrogen-bond donors (Lipinski definition) is 2. The number of hydrogen-bond acceptors (Lipinski definition) is 2. The Morgan fingerprint density at radius 1 is 0.722 bits per heavy atom. The van der Waals surface area contributed by atoms with Crippen LogP contribution in [0.4, 0.5) is 0 Å². The van der Waals surface area contributed by atoms with Crippen LogP contribution in [-0.4, -0.2) is 11.6 Å². The molecule has 1 atom stereocenters. The predicted octanol–water partition coefficient (Wildman–Crippen LogP) is 3.93.